The number of hydrogen-bond donors (Lipinski definition) is 0. The molecule has 4 atom stereocenters. The summed E-state index contributed by atoms with van der Waals surface area (Å²) in [5.41, 5.74) is 0. The van der Waals surface area contributed by atoms with E-state index in [1.807, 2.05) is 0 Å². The minimum absolute atomic E-state index is 0.628. The zero-order valence-corrected chi connectivity index (χ0v) is 10.8. The van der Waals surface area contributed by atoms with E-state index in [0.717, 1.165) is 35.5 Å². The Morgan fingerprint density at radius 2 is 1.73 bits per heavy atom. The normalized spacial score (nSPS) is 49.7. The molecular formula is C14H25N. The molecule has 1 heteroatoms. The summed E-state index contributed by atoms with van der Waals surface area (Å²) in [6.45, 7) is 12.0. The highest BCUT2D eigenvalue weighted by Crippen LogP contribution is 2.52. The summed E-state index contributed by atoms with van der Waals surface area (Å²) < 4.78 is 0. The summed E-state index contributed by atoms with van der Waals surface area (Å²) >= 11 is 0. The first-order chi connectivity index (χ1) is 7.04. The number of aliphatic imine (C=N–C) groups is 1. The highest BCUT2D eigenvalue weighted by molar-refractivity contribution is 5.58. The van der Waals surface area contributed by atoms with Gasteiger partial charge in [-0.25, -0.2) is 0 Å². The topological polar surface area (TPSA) is 12.4 Å². The first kappa shape index (κ1) is 11.2. The van der Waals surface area contributed by atoms with Gasteiger partial charge in [-0.05, 0) is 48.1 Å². The monoisotopic (exact) mass is 207 g/mol. The Bertz CT molecular complexity index is 246. The summed E-state index contributed by atoms with van der Waals surface area (Å²) in [7, 11) is 0. The molecule has 15 heavy (non-hydrogen) atoms. The first-order valence-corrected chi connectivity index (χ1v) is 6.55. The van der Waals surface area contributed by atoms with E-state index in [1.54, 1.807) is 0 Å². The zero-order valence-electron chi connectivity index (χ0n) is 10.8. The van der Waals surface area contributed by atoms with Crippen LogP contribution in [-0.4, -0.2) is 12.3 Å². The molecule has 0 aromatic carbocycles. The highest BCUT2D eigenvalue weighted by Gasteiger charge is 2.50. The van der Waals surface area contributed by atoms with Crippen LogP contribution in [-0.2, 0) is 0 Å². The van der Waals surface area contributed by atoms with Gasteiger partial charge in [0.25, 0.3) is 0 Å². The predicted octanol–water partition coefficient (Wildman–Crippen LogP) is 3.64. The van der Waals surface area contributed by atoms with Crippen LogP contribution in [0.1, 0.15) is 41.0 Å². The lowest BCUT2D eigenvalue weighted by Crippen LogP contribution is -2.54. The summed E-state index contributed by atoms with van der Waals surface area (Å²) in [6, 6.07) is 0.628. The third-order valence-electron chi connectivity index (χ3n) is 4.92. The Morgan fingerprint density at radius 1 is 1.13 bits per heavy atom. The van der Waals surface area contributed by atoms with Crippen LogP contribution < -0.4 is 0 Å². The maximum absolute atomic E-state index is 4.73. The zero-order chi connectivity index (χ0) is 11.2. The van der Waals surface area contributed by atoms with E-state index >= 15 is 0 Å². The average Bonchev–Trinajstić information content (AvgIpc) is 2.16. The Kier molecular flexibility index (Phi) is 2.92. The Morgan fingerprint density at radius 3 is 2.27 bits per heavy atom. The van der Waals surface area contributed by atoms with Crippen molar-refractivity contribution in [2.75, 3.05) is 0 Å². The van der Waals surface area contributed by atoms with E-state index in [1.165, 1.54) is 6.42 Å². The van der Waals surface area contributed by atoms with E-state index in [4.69, 9.17) is 4.99 Å². The summed E-state index contributed by atoms with van der Waals surface area (Å²) in [5.74, 6) is 5.07. The molecule has 0 spiro atoms. The van der Waals surface area contributed by atoms with Gasteiger partial charge in [-0.3, -0.25) is 4.99 Å². The largest absolute Gasteiger partial charge is 0.294 e. The third-order valence-corrected chi connectivity index (χ3v) is 4.92. The molecule has 4 unspecified atom stereocenters. The molecule has 1 aliphatic carbocycles. The fourth-order valence-corrected chi connectivity index (χ4v) is 4.23. The molecule has 2 bridgehead atoms. The van der Waals surface area contributed by atoms with Gasteiger partial charge in [0.2, 0.25) is 0 Å². The number of hydrogen-bond acceptors (Lipinski definition) is 1. The van der Waals surface area contributed by atoms with Gasteiger partial charge in [0.15, 0.2) is 0 Å². The molecule has 0 N–H and O–H groups in total. The SMILES string of the molecule is CC(C)C1C(C)CC=NC2C(C)C1C2C. The highest BCUT2D eigenvalue weighted by atomic mass is 14.9. The van der Waals surface area contributed by atoms with Gasteiger partial charge in [0.1, 0.15) is 0 Å². The van der Waals surface area contributed by atoms with Gasteiger partial charge in [-0.2, -0.15) is 0 Å². The van der Waals surface area contributed by atoms with E-state index in [-0.39, 0.29) is 0 Å². The van der Waals surface area contributed by atoms with E-state index in [2.05, 4.69) is 40.8 Å². The second-order valence-electron chi connectivity index (χ2n) is 6.15. The summed E-state index contributed by atoms with van der Waals surface area (Å²) in [6.07, 6.45) is 3.39. The van der Waals surface area contributed by atoms with Gasteiger partial charge in [0.05, 0.1) is 6.04 Å². The number of fused-ring (bicyclic) bond motifs is 3. The summed E-state index contributed by atoms with van der Waals surface area (Å²) in [4.78, 5) is 4.73. The smallest absolute Gasteiger partial charge is 0.0552 e. The third kappa shape index (κ3) is 1.64. The minimum Gasteiger partial charge on any atom is -0.294 e. The lowest BCUT2D eigenvalue weighted by Gasteiger charge is -2.54. The fourth-order valence-electron chi connectivity index (χ4n) is 4.23. The van der Waals surface area contributed by atoms with Crippen molar-refractivity contribution in [1.82, 2.24) is 0 Å². The van der Waals surface area contributed by atoms with Crippen LogP contribution in [0.5, 0.6) is 0 Å². The molecule has 0 aromatic heterocycles. The molecule has 0 aromatic rings. The van der Waals surface area contributed by atoms with Crippen molar-refractivity contribution in [1.29, 1.82) is 0 Å². The van der Waals surface area contributed by atoms with Gasteiger partial charge < -0.3 is 0 Å². The fraction of sp³-hybridized carbons (Fsp3) is 0.929. The quantitative estimate of drug-likeness (QED) is 0.622. The molecule has 0 amide bonds. The molecule has 86 valence electrons. The lowest BCUT2D eigenvalue weighted by atomic mass is 9.53. The molecule has 0 saturated heterocycles. The Hall–Kier alpha value is -0.330. The maximum atomic E-state index is 4.73. The lowest BCUT2D eigenvalue weighted by molar-refractivity contribution is -0.0290. The van der Waals surface area contributed by atoms with E-state index in [0.29, 0.717) is 6.04 Å². The van der Waals surface area contributed by atoms with Crippen LogP contribution in [0.4, 0.5) is 0 Å². The second kappa shape index (κ2) is 3.92. The van der Waals surface area contributed by atoms with Crippen LogP contribution in [0.15, 0.2) is 4.99 Å². The number of nitrogens with zero attached hydrogens (tertiary/aromatic N) is 1. The molecule has 2 aliphatic heterocycles. The minimum atomic E-state index is 0.628. The molecule has 3 rings (SSSR count). The van der Waals surface area contributed by atoms with Gasteiger partial charge in [0, 0.05) is 0 Å². The van der Waals surface area contributed by atoms with Gasteiger partial charge in [-0.15, -0.1) is 0 Å². The van der Waals surface area contributed by atoms with E-state index < -0.39 is 0 Å². The van der Waals surface area contributed by atoms with Crippen molar-refractivity contribution in [3.8, 4) is 0 Å². The van der Waals surface area contributed by atoms with Crippen LogP contribution in [0.2, 0.25) is 0 Å². The molecular weight excluding hydrogens is 182 g/mol. The standard InChI is InChI=1S/C14H25N/c1-8(2)12-9(3)6-7-15-14-10(4)13(12)11(14)5/h7-14H,6H2,1-5H3. The van der Waals surface area contributed by atoms with Crippen LogP contribution in [0.25, 0.3) is 0 Å². The van der Waals surface area contributed by atoms with Crippen molar-refractivity contribution < 1.29 is 0 Å². The van der Waals surface area contributed by atoms with Crippen LogP contribution >= 0.6 is 0 Å². The van der Waals surface area contributed by atoms with Crippen molar-refractivity contribution in [3.05, 3.63) is 0 Å². The van der Waals surface area contributed by atoms with Crippen LogP contribution in [0, 0.1) is 35.5 Å². The number of rotatable bonds is 1. The summed E-state index contributed by atoms with van der Waals surface area (Å²) in [5, 5.41) is 0. The van der Waals surface area contributed by atoms with Crippen molar-refractivity contribution in [3.63, 3.8) is 0 Å². The maximum Gasteiger partial charge on any atom is 0.0552 e. The molecule has 0 radical (unpaired) electrons. The van der Waals surface area contributed by atoms with Crippen LogP contribution in [0.3, 0.4) is 0 Å². The van der Waals surface area contributed by atoms with E-state index in [9.17, 15) is 0 Å². The molecule has 3 aliphatic rings. The first-order valence-electron chi connectivity index (χ1n) is 6.55. The van der Waals surface area contributed by atoms with Gasteiger partial charge >= 0.3 is 0 Å². The molecule has 1 fully saturated rings. The second-order valence-corrected chi connectivity index (χ2v) is 6.15. The molecule has 1 nitrogen and oxygen atoms in total. The molecule has 2 heterocycles. The van der Waals surface area contributed by atoms with Crippen molar-refractivity contribution in [2.24, 2.45) is 40.5 Å². The Labute approximate surface area is 94.4 Å². The van der Waals surface area contributed by atoms with Crippen molar-refractivity contribution >= 4 is 6.21 Å². The van der Waals surface area contributed by atoms with Crippen molar-refractivity contribution in [2.45, 2.75) is 47.1 Å². The Balaban J connectivity index is 2.25. The predicted molar refractivity (Wildman–Crippen MR) is 66.2 cm³/mol. The molecule has 1 saturated carbocycles. The average molecular weight is 207 g/mol. The van der Waals surface area contributed by atoms with Gasteiger partial charge in [-0.1, -0.05) is 34.6 Å².